The number of H-pyrrole nitrogens is 2. The monoisotopic (exact) mass is 673 g/mol. The number of hydrogen-bond acceptors (Lipinski definition) is 8. The van der Waals surface area contributed by atoms with Gasteiger partial charge in [-0.1, -0.05) is 58.1 Å². The van der Waals surface area contributed by atoms with Crippen LogP contribution in [0.2, 0.25) is 0 Å². The van der Waals surface area contributed by atoms with Gasteiger partial charge >= 0.3 is 5.69 Å². The van der Waals surface area contributed by atoms with Crippen molar-refractivity contribution in [3.63, 3.8) is 0 Å². The Labute approximate surface area is 278 Å². The first-order valence-corrected chi connectivity index (χ1v) is 16.2. The first-order valence-electron chi connectivity index (χ1n) is 16.2. The number of nitrogens with one attached hydrogen (secondary N) is 6. The molecule has 0 saturated heterocycles. The Morgan fingerprint density at radius 1 is 0.979 bits per heavy atom. The summed E-state index contributed by atoms with van der Waals surface area (Å²) in [6, 6.07) is 4.27. The van der Waals surface area contributed by atoms with Crippen LogP contribution < -0.4 is 43.0 Å². The minimum atomic E-state index is -1.50. The van der Waals surface area contributed by atoms with Gasteiger partial charge in [0.25, 0.3) is 11.5 Å². The molecule has 15 heteroatoms. The summed E-state index contributed by atoms with van der Waals surface area (Å²) in [7, 11) is 1.59. The Balaban J connectivity index is 1.67. The van der Waals surface area contributed by atoms with E-state index in [-0.39, 0.29) is 11.8 Å². The Morgan fingerprint density at radius 2 is 1.62 bits per heavy atom. The molecule has 48 heavy (non-hydrogen) atoms. The fourth-order valence-corrected chi connectivity index (χ4v) is 5.77. The molecule has 14 nitrogen and oxygen atoms in total. The van der Waals surface area contributed by atoms with Gasteiger partial charge in [0, 0.05) is 12.1 Å². The van der Waals surface area contributed by atoms with Crippen molar-refractivity contribution in [3.05, 3.63) is 62.2 Å². The molecule has 8 N–H and O–H groups in total. The molecule has 1 aliphatic carbocycles. The van der Waals surface area contributed by atoms with Crippen molar-refractivity contribution in [2.75, 3.05) is 13.7 Å². The second-order valence-electron chi connectivity index (χ2n) is 13.3. The molecule has 3 atom stereocenters. The van der Waals surface area contributed by atoms with Gasteiger partial charge in [-0.25, -0.2) is 4.79 Å². The molecular formula is C33H48FN7O7. The largest absolute Gasteiger partial charge is 0.497 e. The van der Waals surface area contributed by atoms with E-state index in [2.05, 4.69) is 21.3 Å². The lowest BCUT2D eigenvalue weighted by Gasteiger charge is -2.33. The topological polar surface area (TPSA) is 217 Å². The predicted molar refractivity (Wildman–Crippen MR) is 177 cm³/mol. The fourth-order valence-electron chi connectivity index (χ4n) is 5.77. The summed E-state index contributed by atoms with van der Waals surface area (Å²) in [6.45, 7) is 6.76. The number of amides is 4. The van der Waals surface area contributed by atoms with Crippen LogP contribution in [0.3, 0.4) is 0 Å². The zero-order valence-corrected chi connectivity index (χ0v) is 28.2. The molecule has 0 radical (unpaired) electrons. The minimum absolute atomic E-state index is 0.253. The molecule has 0 aliphatic heterocycles. The molecule has 0 unspecified atom stereocenters. The van der Waals surface area contributed by atoms with Crippen LogP contribution in [-0.4, -0.2) is 70.9 Å². The van der Waals surface area contributed by atoms with E-state index in [1.807, 2.05) is 43.1 Å². The van der Waals surface area contributed by atoms with Crippen molar-refractivity contribution in [2.45, 2.75) is 96.3 Å². The van der Waals surface area contributed by atoms with Crippen LogP contribution in [0.5, 0.6) is 5.75 Å². The van der Waals surface area contributed by atoms with Crippen molar-refractivity contribution in [2.24, 2.45) is 17.6 Å². The molecule has 264 valence electrons. The highest BCUT2D eigenvalue weighted by Gasteiger charge is 2.34. The average Bonchev–Trinajstić information content (AvgIpc) is 3.03. The highest BCUT2D eigenvalue weighted by Crippen LogP contribution is 2.28. The second-order valence-corrected chi connectivity index (χ2v) is 13.3. The minimum Gasteiger partial charge on any atom is -0.497 e. The number of benzene rings is 1. The van der Waals surface area contributed by atoms with Crippen LogP contribution in [-0.2, 0) is 20.8 Å². The second kappa shape index (κ2) is 17.0. The van der Waals surface area contributed by atoms with Crippen molar-refractivity contribution in [1.82, 2.24) is 31.2 Å². The quantitative estimate of drug-likeness (QED) is 0.144. The Bertz CT molecular complexity index is 1550. The van der Waals surface area contributed by atoms with Crippen molar-refractivity contribution >= 4 is 23.6 Å². The number of aromatic nitrogens is 2. The maximum atomic E-state index is 14.0. The lowest BCUT2D eigenvalue weighted by Crippen LogP contribution is -2.60. The van der Waals surface area contributed by atoms with Gasteiger partial charge in [0.2, 0.25) is 23.5 Å². The molecule has 1 fully saturated rings. The zero-order chi connectivity index (χ0) is 35.6. The van der Waals surface area contributed by atoms with Gasteiger partial charge in [0.05, 0.1) is 7.11 Å². The Kier molecular flexibility index (Phi) is 13.5. The van der Waals surface area contributed by atoms with Crippen LogP contribution in [0.15, 0.2) is 33.9 Å². The van der Waals surface area contributed by atoms with E-state index >= 15 is 0 Å². The summed E-state index contributed by atoms with van der Waals surface area (Å²) < 4.78 is 19.3. The molecule has 1 aromatic carbocycles. The third-order valence-corrected chi connectivity index (χ3v) is 8.37. The third-order valence-electron chi connectivity index (χ3n) is 8.37. The van der Waals surface area contributed by atoms with Crippen LogP contribution in [0, 0.1) is 17.7 Å². The van der Waals surface area contributed by atoms with Gasteiger partial charge in [-0.2, -0.15) is 4.39 Å². The summed E-state index contributed by atoms with van der Waals surface area (Å²) >= 11 is 0. The summed E-state index contributed by atoms with van der Waals surface area (Å²) in [6.07, 6.45) is 6.13. The number of halogens is 1. The standard InChI is InChI=1S/C33H48FN7O7/c1-18(2)25(38-27(42)22(35)17-36-30(45)26-24(34)29(44)40-32(47)39-26)31(46)37-23(15-19-9-7-6-8-10-19)28(43)41-33(3,4)16-20-11-13-21(48-5)14-12-20/h11-14,18-19,22-23,25H,6-10,15-17,35H2,1-5H3,(H,36,45)(H,37,46)(H,38,42)(H,41,43)(H2,39,40,44,47)/t22-,23-,25-/m0/s1. The van der Waals surface area contributed by atoms with Gasteiger partial charge in [-0.3, -0.25) is 29.0 Å². The molecular weight excluding hydrogens is 625 g/mol. The van der Waals surface area contributed by atoms with Crippen molar-refractivity contribution in [3.8, 4) is 5.75 Å². The van der Waals surface area contributed by atoms with E-state index in [1.165, 1.54) is 0 Å². The number of rotatable bonds is 15. The number of hydrogen-bond donors (Lipinski definition) is 7. The number of carbonyl (C=O) groups is 4. The van der Waals surface area contributed by atoms with Crippen LogP contribution in [0.1, 0.15) is 82.3 Å². The highest BCUT2D eigenvalue weighted by molar-refractivity contribution is 5.95. The van der Waals surface area contributed by atoms with Gasteiger partial charge < -0.3 is 36.7 Å². The van der Waals surface area contributed by atoms with E-state index < -0.39 is 76.6 Å². The average molecular weight is 674 g/mol. The number of methoxy groups -OCH3 is 1. The maximum Gasteiger partial charge on any atom is 0.326 e. The zero-order valence-electron chi connectivity index (χ0n) is 28.2. The molecule has 4 amide bonds. The molecule has 2 aromatic rings. The van der Waals surface area contributed by atoms with Crippen LogP contribution >= 0.6 is 0 Å². The molecule has 3 rings (SSSR count). The summed E-state index contributed by atoms with van der Waals surface area (Å²) in [4.78, 5) is 79.2. The molecule has 0 spiro atoms. The first kappa shape index (κ1) is 37.9. The summed E-state index contributed by atoms with van der Waals surface area (Å²) in [5, 5.41) is 10.8. The third kappa shape index (κ3) is 11.0. The van der Waals surface area contributed by atoms with Crippen LogP contribution in [0.4, 0.5) is 4.39 Å². The fraction of sp³-hybridized carbons (Fsp3) is 0.576. The number of ether oxygens (including phenoxy) is 1. The predicted octanol–water partition coefficient (Wildman–Crippen LogP) is 1.00. The number of aromatic amines is 2. The van der Waals surface area contributed by atoms with Gasteiger partial charge in [0.1, 0.15) is 29.6 Å². The lowest BCUT2D eigenvalue weighted by atomic mass is 9.84. The molecule has 1 aromatic heterocycles. The van der Waals surface area contributed by atoms with E-state index in [0.29, 0.717) is 12.8 Å². The van der Waals surface area contributed by atoms with Crippen molar-refractivity contribution < 1.29 is 28.3 Å². The molecule has 1 saturated carbocycles. The van der Waals surface area contributed by atoms with E-state index in [1.54, 1.807) is 25.9 Å². The molecule has 1 aliphatic rings. The number of nitrogens with two attached hydrogens (primary N) is 1. The Hall–Kier alpha value is -4.53. The molecule has 1 heterocycles. The molecule has 0 bridgehead atoms. The summed E-state index contributed by atoms with van der Waals surface area (Å²) in [5.41, 5.74) is 2.92. The van der Waals surface area contributed by atoms with E-state index in [0.717, 1.165) is 43.4 Å². The van der Waals surface area contributed by atoms with Crippen molar-refractivity contribution in [1.29, 1.82) is 0 Å². The van der Waals surface area contributed by atoms with Gasteiger partial charge in [-0.15, -0.1) is 0 Å². The van der Waals surface area contributed by atoms with Gasteiger partial charge in [0.15, 0.2) is 0 Å². The number of carbonyl (C=O) groups excluding carboxylic acids is 4. The van der Waals surface area contributed by atoms with Gasteiger partial charge in [-0.05, 0) is 56.2 Å². The van der Waals surface area contributed by atoms with E-state index in [9.17, 15) is 33.2 Å². The SMILES string of the molecule is COc1ccc(CC(C)(C)NC(=O)[C@H](CC2CCCCC2)NC(=O)[C@@H](NC(=O)[C@@H](N)CNC(=O)c2[nH]c(=O)[nH]c(=O)c2F)C(C)C)cc1. The summed E-state index contributed by atoms with van der Waals surface area (Å²) in [5.74, 6) is -3.78. The lowest BCUT2D eigenvalue weighted by molar-refractivity contribution is -0.134. The highest BCUT2D eigenvalue weighted by atomic mass is 19.1. The van der Waals surface area contributed by atoms with Crippen LogP contribution in [0.25, 0.3) is 0 Å². The Morgan fingerprint density at radius 3 is 2.23 bits per heavy atom. The van der Waals surface area contributed by atoms with E-state index in [4.69, 9.17) is 10.5 Å². The first-order chi connectivity index (χ1) is 22.6. The smallest absolute Gasteiger partial charge is 0.326 e. The normalized spacial score (nSPS) is 15.6. The maximum absolute atomic E-state index is 14.0.